The zero-order chi connectivity index (χ0) is 4.62. The molecule has 6 aliphatic heterocycles. The molecule has 0 aromatic rings. The quantitative estimate of drug-likeness (QED) is 0.378. The van der Waals surface area contributed by atoms with Gasteiger partial charge in [-0.05, 0) is 0 Å². The Labute approximate surface area is 45.8 Å². The Morgan fingerprint density at radius 1 is 0.750 bits per heavy atom. The topological polar surface area (TPSA) is 13.0 Å². The zero-order valence-electron chi connectivity index (χ0n) is 4.10. The van der Waals surface area contributed by atoms with E-state index in [1.165, 1.54) is 0 Å². The van der Waals surface area contributed by atoms with Crippen LogP contribution >= 0.6 is 0 Å². The molecule has 40 valence electrons. The Morgan fingerprint density at radius 2 is 1.25 bits per heavy atom. The molecule has 6 saturated heterocycles. The van der Waals surface area contributed by atoms with Crippen LogP contribution in [0.2, 0.25) is 0 Å². The molecule has 0 bridgehead atoms. The van der Waals surface area contributed by atoms with Gasteiger partial charge in [-0.15, -0.1) is 0 Å². The molecule has 0 spiro atoms. The SMILES string of the molecule is C12C3N4C1N1C2N3N41. The third kappa shape index (κ3) is 0.0598. The van der Waals surface area contributed by atoms with Gasteiger partial charge in [0.25, 0.3) is 0 Å². The third-order valence-corrected chi connectivity index (χ3v) is 3.28. The molecular formula is C4H4N4. The third-order valence-electron chi connectivity index (χ3n) is 3.28. The van der Waals surface area contributed by atoms with E-state index in [0.717, 1.165) is 24.4 Å². The number of nitrogens with zero attached hydrogens (tertiary/aromatic N) is 4. The summed E-state index contributed by atoms with van der Waals surface area (Å²) in [6, 6.07) is 0. The summed E-state index contributed by atoms with van der Waals surface area (Å²) in [5.74, 6) is 1.07. The molecule has 8 heavy (non-hydrogen) atoms. The summed E-state index contributed by atoms with van der Waals surface area (Å²) in [4.78, 5) is 0. The first kappa shape index (κ1) is 2.62. The highest BCUT2D eigenvalue weighted by molar-refractivity contribution is 5.31. The van der Waals surface area contributed by atoms with Crippen molar-refractivity contribution >= 4 is 0 Å². The molecule has 0 aromatic heterocycles. The van der Waals surface area contributed by atoms with Crippen LogP contribution in [0.3, 0.4) is 0 Å². The zero-order valence-corrected chi connectivity index (χ0v) is 4.10. The maximum absolute atomic E-state index is 2.45. The Hall–Kier alpha value is -0.160. The van der Waals surface area contributed by atoms with E-state index in [9.17, 15) is 0 Å². The Morgan fingerprint density at radius 3 is 1.38 bits per heavy atom. The molecule has 6 fully saturated rings. The molecule has 6 rings (SSSR count). The van der Waals surface area contributed by atoms with E-state index in [0.29, 0.717) is 0 Å². The molecule has 4 heteroatoms. The van der Waals surface area contributed by atoms with Gasteiger partial charge < -0.3 is 0 Å². The fourth-order valence-corrected chi connectivity index (χ4v) is 2.90. The highest BCUT2D eigenvalue weighted by atomic mass is 16.4. The van der Waals surface area contributed by atoms with Crippen molar-refractivity contribution in [2.45, 2.75) is 18.5 Å². The first-order valence-corrected chi connectivity index (χ1v) is 3.15. The summed E-state index contributed by atoms with van der Waals surface area (Å²) in [6.45, 7) is 0. The predicted molar refractivity (Wildman–Crippen MR) is 22.2 cm³/mol. The summed E-state index contributed by atoms with van der Waals surface area (Å²) in [6.07, 6.45) is 2.65. The number of rotatable bonds is 0. The summed E-state index contributed by atoms with van der Waals surface area (Å²) in [7, 11) is 0. The second-order valence-corrected chi connectivity index (χ2v) is 3.23. The highest BCUT2D eigenvalue weighted by Crippen LogP contribution is 2.77. The predicted octanol–water partition coefficient (Wildman–Crippen LogP) is -1.40. The lowest BCUT2D eigenvalue weighted by Crippen LogP contribution is -3.24. The van der Waals surface area contributed by atoms with Crippen LogP contribution in [-0.2, 0) is 0 Å². The van der Waals surface area contributed by atoms with E-state index in [1.807, 2.05) is 0 Å². The molecule has 0 unspecified atom stereocenters. The summed E-state index contributed by atoms with van der Waals surface area (Å²) in [5, 5.41) is 9.61. The van der Waals surface area contributed by atoms with Gasteiger partial charge in [-0.1, -0.05) is 5.23 Å². The monoisotopic (exact) mass is 108 g/mol. The number of hydrogen-bond acceptors (Lipinski definition) is 4. The van der Waals surface area contributed by atoms with E-state index in [2.05, 4.69) is 20.3 Å². The normalized spacial score (nSPS) is 81.0. The van der Waals surface area contributed by atoms with Gasteiger partial charge in [-0.25, -0.2) is 0 Å². The molecule has 0 amide bonds. The fraction of sp³-hybridized carbons (Fsp3) is 1.00. The van der Waals surface area contributed by atoms with Crippen LogP contribution in [0.25, 0.3) is 0 Å². The van der Waals surface area contributed by atoms with Crippen LogP contribution < -0.4 is 0 Å². The molecule has 0 saturated carbocycles. The Kier molecular flexibility index (Phi) is 0.134. The maximum Gasteiger partial charge on any atom is 0.107 e. The minimum atomic E-state index is 0.884. The van der Waals surface area contributed by atoms with Crippen molar-refractivity contribution in [2.75, 3.05) is 0 Å². The van der Waals surface area contributed by atoms with Crippen molar-refractivity contribution in [3.8, 4) is 0 Å². The van der Waals surface area contributed by atoms with Crippen molar-refractivity contribution in [3.63, 3.8) is 0 Å². The van der Waals surface area contributed by atoms with E-state index >= 15 is 0 Å². The van der Waals surface area contributed by atoms with Gasteiger partial charge in [0, 0.05) is 0 Å². The summed E-state index contributed by atoms with van der Waals surface area (Å²) >= 11 is 0. The molecule has 6 aliphatic rings. The maximum atomic E-state index is 2.45. The largest absolute Gasteiger partial charge is 0.175 e. The van der Waals surface area contributed by atoms with Crippen LogP contribution in [0.5, 0.6) is 0 Å². The van der Waals surface area contributed by atoms with Crippen LogP contribution in [0.4, 0.5) is 0 Å². The molecule has 0 atom stereocenters. The van der Waals surface area contributed by atoms with Gasteiger partial charge >= 0.3 is 0 Å². The van der Waals surface area contributed by atoms with Crippen LogP contribution in [0, 0.1) is 5.92 Å². The minimum Gasteiger partial charge on any atom is -0.175 e. The van der Waals surface area contributed by atoms with Crippen molar-refractivity contribution in [2.24, 2.45) is 5.92 Å². The molecule has 0 N–H and O–H groups in total. The fourth-order valence-electron chi connectivity index (χ4n) is 2.90. The highest BCUT2D eigenvalue weighted by Gasteiger charge is 2.98. The molecule has 0 aliphatic carbocycles. The molecule has 0 radical (unpaired) electrons. The van der Waals surface area contributed by atoms with Gasteiger partial charge in [0.1, 0.15) is 18.5 Å². The average molecular weight is 108 g/mol. The average Bonchev–Trinajstić information content (AvgIpc) is 1.90. The van der Waals surface area contributed by atoms with Crippen molar-refractivity contribution in [3.05, 3.63) is 0 Å². The first-order valence-electron chi connectivity index (χ1n) is 3.15. The molecular weight excluding hydrogens is 104 g/mol. The van der Waals surface area contributed by atoms with Gasteiger partial charge in [-0.2, -0.15) is 15.0 Å². The standard InChI is InChI=1S/C4H4N4/c1-2-5-3(1)7-4(1)6(2)8(5)7/h1-4H. The summed E-state index contributed by atoms with van der Waals surface area (Å²) in [5.41, 5.74) is 0. The second-order valence-electron chi connectivity index (χ2n) is 3.23. The first-order chi connectivity index (χ1) is 4.00. The minimum absolute atomic E-state index is 0.884. The molecule has 6 heterocycles. The van der Waals surface area contributed by atoms with E-state index in [1.54, 1.807) is 0 Å². The van der Waals surface area contributed by atoms with E-state index < -0.39 is 0 Å². The summed E-state index contributed by atoms with van der Waals surface area (Å²) < 4.78 is 0. The van der Waals surface area contributed by atoms with Crippen molar-refractivity contribution in [1.29, 1.82) is 0 Å². The Balaban J connectivity index is 2.00. The van der Waals surface area contributed by atoms with Crippen molar-refractivity contribution < 1.29 is 0 Å². The van der Waals surface area contributed by atoms with Crippen molar-refractivity contribution in [1.82, 2.24) is 20.3 Å². The van der Waals surface area contributed by atoms with E-state index in [-0.39, 0.29) is 0 Å². The van der Waals surface area contributed by atoms with Gasteiger partial charge in [0.15, 0.2) is 0 Å². The van der Waals surface area contributed by atoms with E-state index in [4.69, 9.17) is 0 Å². The number of hydrogen-bond donors (Lipinski definition) is 0. The van der Waals surface area contributed by atoms with Gasteiger partial charge in [0.05, 0.1) is 5.92 Å². The lowest BCUT2D eigenvalue weighted by molar-refractivity contribution is -0.814. The molecule has 0 aromatic carbocycles. The Bertz CT molecular complexity index is 118. The smallest absolute Gasteiger partial charge is 0.107 e. The lowest BCUT2D eigenvalue weighted by atomic mass is 9.65. The molecule has 4 nitrogen and oxygen atoms in total. The second kappa shape index (κ2) is 0.410. The van der Waals surface area contributed by atoms with Crippen LogP contribution in [0.1, 0.15) is 0 Å². The van der Waals surface area contributed by atoms with Gasteiger partial charge in [-0.3, -0.25) is 0 Å². The van der Waals surface area contributed by atoms with Crippen LogP contribution in [0.15, 0.2) is 0 Å². The van der Waals surface area contributed by atoms with Crippen LogP contribution in [-0.4, -0.2) is 38.8 Å². The van der Waals surface area contributed by atoms with Gasteiger partial charge in [0.2, 0.25) is 0 Å². The lowest BCUT2D eigenvalue weighted by Gasteiger charge is -3.03. The number of hydrazine groups is 3.